The van der Waals surface area contributed by atoms with E-state index in [4.69, 9.17) is 14.2 Å². The first-order chi connectivity index (χ1) is 20.1. The standard InChI is InChI=1S/C29H25F3N6O4/c1-33-27(39)23-14-20(10-11-34-23)42-19-6-7-24-22(13-19)37-28(38(24)2)36-18-5-8-25(41-16-29(30,31)32)21(12-18)17-4-9-26(40-3)35-15-17/h4-15H,16H2,1-3H3,(H,33,39)(H,36,37). The molecule has 0 aliphatic carbocycles. The highest BCUT2D eigenvalue weighted by atomic mass is 19.4. The normalized spacial score (nSPS) is 11.3. The fraction of sp³-hybridized carbons (Fsp3) is 0.172. The maximum absolute atomic E-state index is 12.9. The zero-order valence-electron chi connectivity index (χ0n) is 22.7. The lowest BCUT2D eigenvalue weighted by Crippen LogP contribution is -2.19. The Kier molecular flexibility index (Phi) is 7.82. The average Bonchev–Trinajstić information content (AvgIpc) is 3.29. The Hall–Kier alpha value is -5.33. The summed E-state index contributed by atoms with van der Waals surface area (Å²) in [7, 11) is 4.82. The van der Waals surface area contributed by atoms with Crippen LogP contribution in [0.3, 0.4) is 0 Å². The van der Waals surface area contributed by atoms with Crippen molar-refractivity contribution in [1.82, 2.24) is 24.8 Å². The Morgan fingerprint density at radius 3 is 2.52 bits per heavy atom. The zero-order valence-corrected chi connectivity index (χ0v) is 22.7. The van der Waals surface area contributed by atoms with Gasteiger partial charge in [0.2, 0.25) is 11.8 Å². The van der Waals surface area contributed by atoms with E-state index in [1.54, 1.807) is 42.5 Å². The van der Waals surface area contributed by atoms with Crippen molar-refractivity contribution in [3.05, 3.63) is 78.8 Å². The second kappa shape index (κ2) is 11.6. The Morgan fingerprint density at radius 2 is 1.81 bits per heavy atom. The summed E-state index contributed by atoms with van der Waals surface area (Å²) in [5, 5.41) is 5.75. The molecule has 0 unspecified atom stereocenters. The molecule has 2 N–H and O–H groups in total. The minimum absolute atomic E-state index is 0.0484. The molecule has 3 heterocycles. The lowest BCUT2D eigenvalue weighted by molar-refractivity contribution is -0.153. The quantitative estimate of drug-likeness (QED) is 0.223. The van der Waals surface area contributed by atoms with Gasteiger partial charge in [-0.05, 0) is 42.5 Å². The summed E-state index contributed by atoms with van der Waals surface area (Å²) < 4.78 is 56.7. The molecule has 0 bridgehead atoms. The number of halogens is 3. The molecular weight excluding hydrogens is 553 g/mol. The van der Waals surface area contributed by atoms with Crippen molar-refractivity contribution in [3.63, 3.8) is 0 Å². The number of aryl methyl sites for hydroxylation is 1. The topological polar surface area (TPSA) is 112 Å². The molecule has 0 spiro atoms. The molecule has 1 amide bonds. The van der Waals surface area contributed by atoms with Gasteiger partial charge in [-0.3, -0.25) is 9.78 Å². The van der Waals surface area contributed by atoms with Crippen molar-refractivity contribution < 1.29 is 32.2 Å². The number of hydrogen-bond acceptors (Lipinski definition) is 8. The Balaban J connectivity index is 1.42. The molecule has 0 aliphatic heterocycles. The van der Waals surface area contributed by atoms with Crippen LogP contribution in [-0.2, 0) is 7.05 Å². The Morgan fingerprint density at radius 1 is 1.00 bits per heavy atom. The number of rotatable bonds is 9. The summed E-state index contributed by atoms with van der Waals surface area (Å²) >= 11 is 0. The third-order valence-corrected chi connectivity index (χ3v) is 6.16. The number of fused-ring (bicyclic) bond motifs is 1. The summed E-state index contributed by atoms with van der Waals surface area (Å²) in [4.78, 5) is 24.8. The van der Waals surface area contributed by atoms with Gasteiger partial charge in [0, 0.05) is 61.5 Å². The molecule has 0 aliphatic rings. The fourth-order valence-corrected chi connectivity index (χ4v) is 4.13. The first kappa shape index (κ1) is 28.2. The highest BCUT2D eigenvalue weighted by Gasteiger charge is 2.29. The van der Waals surface area contributed by atoms with Gasteiger partial charge in [0.05, 0.1) is 18.1 Å². The van der Waals surface area contributed by atoms with E-state index in [-0.39, 0.29) is 17.4 Å². The SMILES string of the molecule is CNC(=O)c1cc(Oc2ccc3c(c2)nc(Nc2ccc(OCC(F)(F)F)c(-c4ccc(OC)nc4)c2)n3C)ccn1. The maximum atomic E-state index is 12.9. The highest BCUT2D eigenvalue weighted by molar-refractivity contribution is 5.92. The van der Waals surface area contributed by atoms with Crippen molar-refractivity contribution in [1.29, 1.82) is 0 Å². The van der Waals surface area contributed by atoms with Gasteiger partial charge in [0.1, 0.15) is 22.9 Å². The van der Waals surface area contributed by atoms with Gasteiger partial charge in [0.15, 0.2) is 6.61 Å². The summed E-state index contributed by atoms with van der Waals surface area (Å²) in [5.41, 5.74) is 3.16. The minimum atomic E-state index is -4.49. The molecule has 2 aromatic carbocycles. The number of nitrogens with one attached hydrogen (secondary N) is 2. The van der Waals surface area contributed by atoms with Crippen molar-refractivity contribution in [3.8, 4) is 34.3 Å². The Bertz CT molecular complexity index is 1740. The van der Waals surface area contributed by atoms with Gasteiger partial charge in [0.25, 0.3) is 5.91 Å². The van der Waals surface area contributed by atoms with Crippen LogP contribution in [0.4, 0.5) is 24.8 Å². The lowest BCUT2D eigenvalue weighted by atomic mass is 10.1. The molecule has 42 heavy (non-hydrogen) atoms. The number of pyridine rings is 2. The highest BCUT2D eigenvalue weighted by Crippen LogP contribution is 2.35. The van der Waals surface area contributed by atoms with Gasteiger partial charge in [-0.25, -0.2) is 9.97 Å². The van der Waals surface area contributed by atoms with Gasteiger partial charge in [-0.1, -0.05) is 0 Å². The van der Waals surface area contributed by atoms with E-state index in [1.165, 1.54) is 38.7 Å². The molecule has 5 rings (SSSR count). The van der Waals surface area contributed by atoms with E-state index in [2.05, 4.69) is 25.6 Å². The molecule has 0 radical (unpaired) electrons. The molecule has 5 aromatic rings. The van der Waals surface area contributed by atoms with Crippen LogP contribution < -0.4 is 24.8 Å². The summed E-state index contributed by atoms with van der Waals surface area (Å²) in [6, 6.07) is 16.6. The van der Waals surface area contributed by atoms with E-state index < -0.39 is 12.8 Å². The van der Waals surface area contributed by atoms with Crippen molar-refractivity contribution in [2.45, 2.75) is 6.18 Å². The summed E-state index contributed by atoms with van der Waals surface area (Å²) in [6.07, 6.45) is -1.52. The third kappa shape index (κ3) is 6.35. The number of carbonyl (C=O) groups excluding carboxylic acids is 1. The van der Waals surface area contributed by atoms with E-state index >= 15 is 0 Å². The number of aromatic nitrogens is 4. The largest absolute Gasteiger partial charge is 0.483 e. The van der Waals surface area contributed by atoms with Crippen molar-refractivity contribution in [2.24, 2.45) is 7.05 Å². The van der Waals surface area contributed by atoms with Crippen molar-refractivity contribution >= 4 is 28.6 Å². The monoisotopic (exact) mass is 578 g/mol. The number of hydrogen-bond donors (Lipinski definition) is 2. The summed E-state index contributed by atoms with van der Waals surface area (Å²) in [5.74, 6) is 1.50. The first-order valence-corrected chi connectivity index (χ1v) is 12.6. The van der Waals surface area contributed by atoms with Crippen molar-refractivity contribution in [2.75, 3.05) is 26.1 Å². The van der Waals surface area contributed by atoms with Gasteiger partial charge >= 0.3 is 6.18 Å². The molecular formula is C29H25F3N6O4. The predicted octanol–water partition coefficient (Wildman–Crippen LogP) is 5.88. The van der Waals surface area contributed by atoms with E-state index in [1.807, 2.05) is 17.7 Å². The number of imidazole rings is 1. The minimum Gasteiger partial charge on any atom is -0.483 e. The first-order valence-electron chi connectivity index (χ1n) is 12.6. The number of ether oxygens (including phenoxy) is 3. The number of benzene rings is 2. The predicted molar refractivity (Wildman–Crippen MR) is 149 cm³/mol. The van der Waals surface area contributed by atoms with Gasteiger partial charge in [-0.15, -0.1) is 0 Å². The number of carbonyl (C=O) groups is 1. The van der Waals surface area contributed by atoms with Crippen LogP contribution in [0.25, 0.3) is 22.2 Å². The number of anilines is 2. The van der Waals surface area contributed by atoms with Crippen LogP contribution in [0, 0.1) is 0 Å². The second-order valence-corrected chi connectivity index (χ2v) is 9.03. The molecule has 0 saturated heterocycles. The third-order valence-electron chi connectivity index (χ3n) is 6.16. The zero-order chi connectivity index (χ0) is 29.9. The number of alkyl halides is 3. The van der Waals surface area contributed by atoms with Crippen LogP contribution in [0.15, 0.2) is 73.1 Å². The van der Waals surface area contributed by atoms with Gasteiger partial charge in [-0.2, -0.15) is 13.2 Å². The molecule has 0 fully saturated rings. The molecule has 3 aromatic heterocycles. The second-order valence-electron chi connectivity index (χ2n) is 9.03. The number of methoxy groups -OCH3 is 1. The molecule has 0 saturated carbocycles. The van der Waals surface area contributed by atoms with E-state index in [0.717, 1.165) is 5.52 Å². The molecule has 216 valence electrons. The van der Waals surface area contributed by atoms with E-state index in [9.17, 15) is 18.0 Å². The van der Waals surface area contributed by atoms with Gasteiger partial charge < -0.3 is 29.4 Å². The molecule has 13 heteroatoms. The molecule has 0 atom stereocenters. The Labute approximate surface area is 238 Å². The smallest absolute Gasteiger partial charge is 0.422 e. The van der Waals surface area contributed by atoms with E-state index in [0.29, 0.717) is 45.7 Å². The van der Waals surface area contributed by atoms with Crippen LogP contribution in [0.2, 0.25) is 0 Å². The fourth-order valence-electron chi connectivity index (χ4n) is 4.13. The van der Waals surface area contributed by atoms with Crippen LogP contribution in [-0.4, -0.2) is 52.4 Å². The van der Waals surface area contributed by atoms with Crippen LogP contribution in [0.5, 0.6) is 23.1 Å². The lowest BCUT2D eigenvalue weighted by Gasteiger charge is -2.15. The maximum Gasteiger partial charge on any atom is 0.422 e. The number of nitrogens with zero attached hydrogens (tertiary/aromatic N) is 4. The molecule has 10 nitrogen and oxygen atoms in total. The van der Waals surface area contributed by atoms with Crippen LogP contribution >= 0.6 is 0 Å². The average molecular weight is 579 g/mol. The number of amides is 1. The van der Waals surface area contributed by atoms with Crippen LogP contribution in [0.1, 0.15) is 10.5 Å². The summed E-state index contributed by atoms with van der Waals surface area (Å²) in [6.45, 7) is -1.43.